The minimum Gasteiger partial charge on any atom is -0.271 e. The van der Waals surface area contributed by atoms with E-state index in [4.69, 9.17) is 5.84 Å². The van der Waals surface area contributed by atoms with Crippen LogP contribution >= 0.6 is 0 Å². The molecule has 1 atom stereocenters. The van der Waals surface area contributed by atoms with Crippen molar-refractivity contribution < 1.29 is 13.2 Å². The number of benzene rings is 1. The maximum absolute atomic E-state index is 13.7. The molecule has 0 amide bonds. The molecule has 0 saturated carbocycles. The predicted octanol–water partition coefficient (Wildman–Crippen LogP) is 0.979. The van der Waals surface area contributed by atoms with E-state index in [0.29, 0.717) is 5.69 Å². The smallest absolute Gasteiger partial charge is 0.194 e. The van der Waals surface area contributed by atoms with Crippen molar-refractivity contribution in [2.75, 3.05) is 0 Å². The Bertz CT molecular complexity index is 584. The average Bonchev–Trinajstić information content (AvgIpc) is 2.80. The third kappa shape index (κ3) is 2.74. The van der Waals surface area contributed by atoms with Crippen molar-refractivity contribution in [3.8, 4) is 0 Å². The van der Waals surface area contributed by atoms with Gasteiger partial charge in [-0.1, -0.05) is 11.3 Å². The van der Waals surface area contributed by atoms with Crippen LogP contribution in [0.25, 0.3) is 0 Å². The minimum atomic E-state index is -1.52. The number of aryl methyl sites for hydroxylation is 1. The quantitative estimate of drug-likeness (QED) is 0.494. The Kier molecular flexibility index (Phi) is 3.82. The van der Waals surface area contributed by atoms with Gasteiger partial charge in [0.15, 0.2) is 17.5 Å². The molecule has 0 aliphatic carbocycles. The second kappa shape index (κ2) is 5.37. The molecule has 3 N–H and O–H groups in total. The third-order valence-electron chi connectivity index (χ3n) is 2.71. The zero-order valence-electron chi connectivity index (χ0n) is 10.1. The van der Waals surface area contributed by atoms with E-state index in [1.54, 1.807) is 13.2 Å². The molecule has 5 nitrogen and oxygen atoms in total. The molecule has 8 heteroatoms. The van der Waals surface area contributed by atoms with Gasteiger partial charge in [-0.15, -0.1) is 5.10 Å². The zero-order chi connectivity index (χ0) is 14.0. The van der Waals surface area contributed by atoms with E-state index in [1.165, 1.54) is 4.68 Å². The summed E-state index contributed by atoms with van der Waals surface area (Å²) in [5, 5.41) is 7.55. The van der Waals surface area contributed by atoms with Crippen molar-refractivity contribution >= 4 is 0 Å². The molecule has 1 heterocycles. The molecule has 0 aliphatic heterocycles. The van der Waals surface area contributed by atoms with Crippen LogP contribution in [0, 0.1) is 17.5 Å². The van der Waals surface area contributed by atoms with E-state index in [2.05, 4.69) is 15.7 Å². The molecule has 2 rings (SSSR count). The van der Waals surface area contributed by atoms with Gasteiger partial charge in [0.05, 0.1) is 11.7 Å². The highest BCUT2D eigenvalue weighted by atomic mass is 19.2. The topological polar surface area (TPSA) is 68.8 Å². The summed E-state index contributed by atoms with van der Waals surface area (Å²) in [6, 6.07) is 1.27. The van der Waals surface area contributed by atoms with Crippen LogP contribution in [0.15, 0.2) is 18.3 Å². The fourth-order valence-corrected chi connectivity index (χ4v) is 1.77. The first kappa shape index (κ1) is 13.5. The fourth-order valence-electron chi connectivity index (χ4n) is 1.77. The van der Waals surface area contributed by atoms with Crippen molar-refractivity contribution in [2.24, 2.45) is 12.9 Å². The van der Waals surface area contributed by atoms with Crippen LogP contribution in [-0.2, 0) is 13.5 Å². The highest BCUT2D eigenvalue weighted by Gasteiger charge is 2.21. The number of hydrogen-bond donors (Lipinski definition) is 2. The molecule has 0 fully saturated rings. The van der Waals surface area contributed by atoms with Crippen LogP contribution in [-0.4, -0.2) is 15.0 Å². The van der Waals surface area contributed by atoms with Gasteiger partial charge in [0.1, 0.15) is 0 Å². The van der Waals surface area contributed by atoms with Crippen LogP contribution in [0.2, 0.25) is 0 Å². The van der Waals surface area contributed by atoms with E-state index in [9.17, 15) is 13.2 Å². The number of halogens is 3. The number of nitrogens with one attached hydrogen (secondary N) is 1. The summed E-state index contributed by atoms with van der Waals surface area (Å²) >= 11 is 0. The highest BCUT2D eigenvalue weighted by molar-refractivity contribution is 5.24. The molecule has 0 saturated heterocycles. The lowest BCUT2D eigenvalue weighted by Crippen LogP contribution is -2.30. The Morgan fingerprint density at radius 3 is 2.63 bits per heavy atom. The monoisotopic (exact) mass is 271 g/mol. The maximum Gasteiger partial charge on any atom is 0.194 e. The van der Waals surface area contributed by atoms with Crippen LogP contribution < -0.4 is 11.3 Å². The predicted molar refractivity (Wildman–Crippen MR) is 61.1 cm³/mol. The number of hydrogen-bond acceptors (Lipinski definition) is 4. The Balaban J connectivity index is 2.29. The Morgan fingerprint density at radius 1 is 1.32 bits per heavy atom. The summed E-state index contributed by atoms with van der Waals surface area (Å²) in [5.74, 6) is 1.31. The number of hydrazine groups is 1. The normalized spacial score (nSPS) is 12.7. The molecule has 19 heavy (non-hydrogen) atoms. The molecule has 0 aliphatic rings. The summed E-state index contributed by atoms with van der Waals surface area (Å²) in [4.78, 5) is 0. The molecule has 0 bridgehead atoms. The fraction of sp³-hybridized carbons (Fsp3) is 0.273. The van der Waals surface area contributed by atoms with E-state index < -0.39 is 23.5 Å². The first-order valence-electron chi connectivity index (χ1n) is 5.47. The summed E-state index contributed by atoms with van der Waals surface area (Å²) < 4.78 is 41.2. The van der Waals surface area contributed by atoms with Gasteiger partial charge in [-0.05, 0) is 6.07 Å². The molecule has 1 aromatic heterocycles. The van der Waals surface area contributed by atoms with Gasteiger partial charge in [0.25, 0.3) is 0 Å². The van der Waals surface area contributed by atoms with Crippen molar-refractivity contribution in [1.82, 2.24) is 20.4 Å². The standard InChI is InChI=1S/C11H12F3N5/c1-19-5-6(17-18-19)4-9(16-15)7-2-3-8(12)11(14)10(7)13/h2-3,5,9,16H,4,15H2,1H3. The van der Waals surface area contributed by atoms with E-state index in [-0.39, 0.29) is 12.0 Å². The average molecular weight is 271 g/mol. The van der Waals surface area contributed by atoms with Gasteiger partial charge in [-0.2, -0.15) is 0 Å². The highest BCUT2D eigenvalue weighted by Crippen LogP contribution is 2.23. The van der Waals surface area contributed by atoms with Crippen LogP contribution in [0.3, 0.4) is 0 Å². The van der Waals surface area contributed by atoms with Crippen LogP contribution in [0.4, 0.5) is 13.2 Å². The minimum absolute atomic E-state index is 0.0629. The molecular weight excluding hydrogens is 259 g/mol. The molecule has 2 aromatic rings. The molecular formula is C11H12F3N5. The second-order valence-corrected chi connectivity index (χ2v) is 4.07. The lowest BCUT2D eigenvalue weighted by atomic mass is 10.0. The van der Waals surface area contributed by atoms with Gasteiger partial charge in [0.2, 0.25) is 0 Å². The Labute approximate surface area is 107 Å². The largest absolute Gasteiger partial charge is 0.271 e. The summed E-state index contributed by atoms with van der Waals surface area (Å²) in [6.07, 6.45) is 1.83. The van der Waals surface area contributed by atoms with Gasteiger partial charge in [0, 0.05) is 25.2 Å². The van der Waals surface area contributed by atoms with Crippen molar-refractivity contribution in [2.45, 2.75) is 12.5 Å². The van der Waals surface area contributed by atoms with Crippen molar-refractivity contribution in [3.63, 3.8) is 0 Å². The van der Waals surface area contributed by atoms with Gasteiger partial charge >= 0.3 is 0 Å². The van der Waals surface area contributed by atoms with Gasteiger partial charge < -0.3 is 0 Å². The first-order chi connectivity index (χ1) is 9.02. The Morgan fingerprint density at radius 2 is 2.05 bits per heavy atom. The third-order valence-corrected chi connectivity index (χ3v) is 2.71. The second-order valence-electron chi connectivity index (χ2n) is 4.07. The molecule has 1 unspecified atom stereocenters. The van der Waals surface area contributed by atoms with Crippen molar-refractivity contribution in [1.29, 1.82) is 0 Å². The molecule has 0 spiro atoms. The Hall–Kier alpha value is -1.93. The molecule has 102 valence electrons. The van der Waals surface area contributed by atoms with Gasteiger partial charge in [-0.25, -0.2) is 13.2 Å². The molecule has 1 aromatic carbocycles. The SMILES string of the molecule is Cn1cc(CC(NN)c2ccc(F)c(F)c2F)nn1. The van der Waals surface area contributed by atoms with E-state index in [1.807, 2.05) is 0 Å². The summed E-state index contributed by atoms with van der Waals surface area (Å²) in [7, 11) is 1.68. The van der Waals surface area contributed by atoms with E-state index in [0.717, 1.165) is 12.1 Å². The van der Waals surface area contributed by atoms with Gasteiger partial charge in [-0.3, -0.25) is 16.0 Å². The number of nitrogens with two attached hydrogens (primary N) is 1. The molecule has 0 radical (unpaired) electrons. The number of rotatable bonds is 4. The number of nitrogens with zero attached hydrogens (tertiary/aromatic N) is 3. The zero-order valence-corrected chi connectivity index (χ0v) is 10.1. The lowest BCUT2D eigenvalue weighted by Gasteiger charge is -2.16. The van der Waals surface area contributed by atoms with Crippen LogP contribution in [0.5, 0.6) is 0 Å². The first-order valence-corrected chi connectivity index (χ1v) is 5.47. The summed E-state index contributed by atoms with van der Waals surface area (Å²) in [5.41, 5.74) is 2.85. The van der Waals surface area contributed by atoms with Crippen LogP contribution in [0.1, 0.15) is 17.3 Å². The van der Waals surface area contributed by atoms with E-state index >= 15 is 0 Å². The van der Waals surface area contributed by atoms with Crippen molar-refractivity contribution in [3.05, 3.63) is 47.0 Å². The summed E-state index contributed by atoms with van der Waals surface area (Å²) in [6.45, 7) is 0. The number of aromatic nitrogens is 3. The maximum atomic E-state index is 13.7. The lowest BCUT2D eigenvalue weighted by molar-refractivity contribution is 0.424.